The fourth-order valence-corrected chi connectivity index (χ4v) is 2.95. The quantitative estimate of drug-likeness (QED) is 0.778. The second kappa shape index (κ2) is 3.93. The molecule has 0 spiro atoms. The van der Waals surface area contributed by atoms with E-state index in [1.807, 2.05) is 0 Å². The Bertz CT molecular complexity index is 447. The van der Waals surface area contributed by atoms with Crippen LogP contribution in [0.3, 0.4) is 0 Å². The van der Waals surface area contributed by atoms with Crippen molar-refractivity contribution in [2.75, 3.05) is 5.32 Å². The van der Waals surface area contributed by atoms with E-state index in [0.717, 1.165) is 31.2 Å². The van der Waals surface area contributed by atoms with Gasteiger partial charge in [0.2, 0.25) is 0 Å². The van der Waals surface area contributed by atoms with Gasteiger partial charge in [0.1, 0.15) is 5.82 Å². The molecule has 3 unspecified atom stereocenters. The molecule has 2 saturated carbocycles. The van der Waals surface area contributed by atoms with E-state index in [4.69, 9.17) is 0 Å². The van der Waals surface area contributed by atoms with Crippen molar-refractivity contribution < 1.29 is 13.2 Å². The second-order valence-electron chi connectivity index (χ2n) is 5.09. The molecule has 1 aromatic rings. The average Bonchev–Trinajstić information content (AvgIpc) is 3.05. The van der Waals surface area contributed by atoms with Crippen LogP contribution >= 0.6 is 0 Å². The van der Waals surface area contributed by atoms with E-state index in [-0.39, 0.29) is 11.7 Å². The van der Waals surface area contributed by atoms with E-state index in [1.165, 1.54) is 6.42 Å². The van der Waals surface area contributed by atoms with Gasteiger partial charge in [-0.2, -0.15) is 0 Å². The zero-order chi connectivity index (χ0) is 12.0. The minimum absolute atomic E-state index is 0.0416. The maximum absolute atomic E-state index is 13.5. The van der Waals surface area contributed by atoms with Crippen LogP contribution in [0.5, 0.6) is 0 Å². The van der Waals surface area contributed by atoms with Crippen molar-refractivity contribution in [3.63, 3.8) is 0 Å². The molecule has 0 aliphatic heterocycles. The van der Waals surface area contributed by atoms with Gasteiger partial charge in [-0.25, -0.2) is 13.2 Å². The molecule has 3 atom stereocenters. The van der Waals surface area contributed by atoms with Gasteiger partial charge < -0.3 is 5.32 Å². The smallest absolute Gasteiger partial charge is 0.182 e. The number of fused-ring (bicyclic) bond motifs is 1. The Morgan fingerprint density at radius 1 is 1.12 bits per heavy atom. The number of hydrogen-bond acceptors (Lipinski definition) is 1. The summed E-state index contributed by atoms with van der Waals surface area (Å²) >= 11 is 0. The third kappa shape index (κ3) is 2.01. The lowest BCUT2D eigenvalue weighted by molar-refractivity contribution is 0.435. The van der Waals surface area contributed by atoms with Crippen molar-refractivity contribution in [3.05, 3.63) is 29.6 Å². The maximum Gasteiger partial charge on any atom is 0.182 e. The standard InChI is InChI=1S/C13H14F3N/c14-8-5-10(15)13(16)12(6-8)17-11-3-1-2-7-4-9(7)11/h5-7,9,11,17H,1-4H2. The first kappa shape index (κ1) is 10.9. The van der Waals surface area contributed by atoms with E-state index in [1.54, 1.807) is 0 Å². The lowest BCUT2D eigenvalue weighted by Gasteiger charge is -2.24. The van der Waals surface area contributed by atoms with Crippen LogP contribution in [-0.2, 0) is 0 Å². The first-order valence-corrected chi connectivity index (χ1v) is 6.06. The minimum Gasteiger partial charge on any atom is -0.379 e. The number of rotatable bonds is 2. The van der Waals surface area contributed by atoms with Crippen LogP contribution in [0.4, 0.5) is 18.9 Å². The van der Waals surface area contributed by atoms with Gasteiger partial charge in [-0.15, -0.1) is 0 Å². The van der Waals surface area contributed by atoms with Crippen LogP contribution in [-0.4, -0.2) is 6.04 Å². The predicted molar refractivity (Wildman–Crippen MR) is 59.2 cm³/mol. The number of halogens is 3. The van der Waals surface area contributed by atoms with E-state index in [0.29, 0.717) is 12.0 Å². The predicted octanol–water partition coefficient (Wildman–Crippen LogP) is 3.70. The molecule has 0 aromatic heterocycles. The molecule has 3 rings (SSSR count). The van der Waals surface area contributed by atoms with Gasteiger partial charge in [0.25, 0.3) is 0 Å². The topological polar surface area (TPSA) is 12.0 Å². The van der Waals surface area contributed by atoms with Crippen molar-refractivity contribution in [2.24, 2.45) is 11.8 Å². The summed E-state index contributed by atoms with van der Waals surface area (Å²) in [5.74, 6) is -1.54. The Hall–Kier alpha value is -1.19. The highest BCUT2D eigenvalue weighted by atomic mass is 19.2. The Morgan fingerprint density at radius 2 is 1.94 bits per heavy atom. The van der Waals surface area contributed by atoms with Gasteiger partial charge in [-0.3, -0.25) is 0 Å². The van der Waals surface area contributed by atoms with Crippen molar-refractivity contribution in [3.8, 4) is 0 Å². The fraction of sp³-hybridized carbons (Fsp3) is 0.538. The van der Waals surface area contributed by atoms with Crippen LogP contribution < -0.4 is 5.32 Å². The summed E-state index contributed by atoms with van der Waals surface area (Å²) < 4.78 is 39.5. The highest BCUT2D eigenvalue weighted by molar-refractivity contribution is 5.47. The molecule has 4 heteroatoms. The van der Waals surface area contributed by atoms with Gasteiger partial charge in [-0.05, 0) is 24.7 Å². The fourth-order valence-electron chi connectivity index (χ4n) is 2.95. The van der Waals surface area contributed by atoms with E-state index >= 15 is 0 Å². The molecule has 2 aliphatic rings. The molecule has 1 nitrogen and oxygen atoms in total. The monoisotopic (exact) mass is 241 g/mol. The SMILES string of the molecule is Fc1cc(F)c(F)c(NC2CCCC3CC32)c1. The average molecular weight is 241 g/mol. The van der Waals surface area contributed by atoms with Crippen molar-refractivity contribution in [1.29, 1.82) is 0 Å². The van der Waals surface area contributed by atoms with Crippen LogP contribution in [0.2, 0.25) is 0 Å². The molecule has 0 bridgehead atoms. The van der Waals surface area contributed by atoms with Gasteiger partial charge in [-0.1, -0.05) is 12.8 Å². The number of nitrogens with one attached hydrogen (secondary N) is 1. The zero-order valence-corrected chi connectivity index (χ0v) is 9.35. The van der Waals surface area contributed by atoms with Crippen LogP contribution in [0.15, 0.2) is 12.1 Å². The van der Waals surface area contributed by atoms with Crippen LogP contribution in [0.1, 0.15) is 25.7 Å². The lowest BCUT2D eigenvalue weighted by Crippen LogP contribution is -2.26. The molecule has 0 radical (unpaired) electrons. The largest absolute Gasteiger partial charge is 0.379 e. The molecule has 0 amide bonds. The van der Waals surface area contributed by atoms with Crippen LogP contribution in [0, 0.1) is 29.3 Å². The molecule has 2 fully saturated rings. The first-order chi connectivity index (χ1) is 8.15. The molecule has 2 aliphatic carbocycles. The lowest BCUT2D eigenvalue weighted by atomic mass is 9.95. The molecule has 0 heterocycles. The van der Waals surface area contributed by atoms with Gasteiger partial charge in [0, 0.05) is 18.2 Å². The summed E-state index contributed by atoms with van der Waals surface area (Å²) in [6.07, 6.45) is 4.47. The normalized spacial score (nSPS) is 30.9. The molecular formula is C13H14F3N. The Balaban J connectivity index is 1.80. The third-order valence-corrected chi connectivity index (χ3v) is 3.92. The number of benzene rings is 1. The Kier molecular flexibility index (Phi) is 2.53. The molecule has 1 N–H and O–H groups in total. The van der Waals surface area contributed by atoms with Crippen LogP contribution in [0.25, 0.3) is 0 Å². The molecule has 17 heavy (non-hydrogen) atoms. The highest BCUT2D eigenvalue weighted by Crippen LogP contribution is 2.50. The third-order valence-electron chi connectivity index (χ3n) is 3.92. The van der Waals surface area contributed by atoms with E-state index in [9.17, 15) is 13.2 Å². The highest BCUT2D eigenvalue weighted by Gasteiger charge is 2.45. The second-order valence-corrected chi connectivity index (χ2v) is 5.09. The summed E-state index contributed by atoms with van der Waals surface area (Å²) in [4.78, 5) is 0. The first-order valence-electron chi connectivity index (χ1n) is 6.06. The van der Waals surface area contributed by atoms with E-state index < -0.39 is 17.5 Å². The Morgan fingerprint density at radius 3 is 2.76 bits per heavy atom. The Labute approximate surface area is 98.0 Å². The van der Waals surface area contributed by atoms with E-state index in [2.05, 4.69) is 5.32 Å². The number of hydrogen-bond donors (Lipinski definition) is 1. The summed E-state index contributed by atoms with van der Waals surface area (Å²) in [7, 11) is 0. The molecule has 0 saturated heterocycles. The summed E-state index contributed by atoms with van der Waals surface area (Å²) in [5.41, 5.74) is -0.0416. The van der Waals surface area contributed by atoms with Crippen molar-refractivity contribution in [1.82, 2.24) is 0 Å². The van der Waals surface area contributed by atoms with Crippen molar-refractivity contribution in [2.45, 2.75) is 31.7 Å². The van der Waals surface area contributed by atoms with Crippen molar-refractivity contribution >= 4 is 5.69 Å². The summed E-state index contributed by atoms with van der Waals surface area (Å²) in [6, 6.07) is 1.77. The number of anilines is 1. The maximum atomic E-state index is 13.5. The zero-order valence-electron chi connectivity index (χ0n) is 9.35. The summed E-state index contributed by atoms with van der Waals surface area (Å²) in [6.45, 7) is 0. The van der Waals surface area contributed by atoms with Gasteiger partial charge >= 0.3 is 0 Å². The minimum atomic E-state index is -1.13. The molecule has 1 aromatic carbocycles. The van der Waals surface area contributed by atoms with Gasteiger partial charge in [0.05, 0.1) is 5.69 Å². The summed E-state index contributed by atoms with van der Waals surface area (Å²) in [5, 5.41) is 2.97. The van der Waals surface area contributed by atoms with Gasteiger partial charge in [0.15, 0.2) is 11.6 Å². The molecule has 92 valence electrons. The molecular weight excluding hydrogens is 227 g/mol.